The molecule has 0 unspecified atom stereocenters. The average Bonchev–Trinajstić information content (AvgIpc) is 3.36. The predicted octanol–water partition coefficient (Wildman–Crippen LogP) is 2.82. The molecular formula is C19H23N3O. The van der Waals surface area contributed by atoms with Crippen molar-refractivity contribution < 1.29 is 0 Å². The summed E-state index contributed by atoms with van der Waals surface area (Å²) < 4.78 is 0. The first kappa shape index (κ1) is 14.6. The summed E-state index contributed by atoms with van der Waals surface area (Å²) in [6, 6.07) is 6.50. The van der Waals surface area contributed by atoms with E-state index in [4.69, 9.17) is 4.98 Å². The Balaban J connectivity index is 1.58. The topological polar surface area (TPSA) is 49.0 Å². The van der Waals surface area contributed by atoms with E-state index in [1.807, 2.05) is 0 Å². The molecule has 0 radical (unpaired) electrons. The van der Waals surface area contributed by atoms with Gasteiger partial charge < -0.3 is 4.98 Å². The molecule has 1 fully saturated rings. The monoisotopic (exact) mass is 309 g/mol. The molecule has 0 atom stereocenters. The van der Waals surface area contributed by atoms with Crippen molar-refractivity contribution in [3.63, 3.8) is 0 Å². The van der Waals surface area contributed by atoms with Gasteiger partial charge in [-0.15, -0.1) is 0 Å². The molecule has 0 saturated heterocycles. The van der Waals surface area contributed by atoms with Crippen LogP contribution in [0.2, 0.25) is 0 Å². The molecule has 1 saturated carbocycles. The van der Waals surface area contributed by atoms with E-state index in [-0.39, 0.29) is 5.56 Å². The van der Waals surface area contributed by atoms with Gasteiger partial charge in [-0.05, 0) is 49.8 Å². The lowest BCUT2D eigenvalue weighted by Gasteiger charge is -2.28. The van der Waals surface area contributed by atoms with Crippen molar-refractivity contribution in [3.05, 3.63) is 62.3 Å². The molecule has 1 N–H and O–H groups in total. The third-order valence-corrected chi connectivity index (χ3v) is 5.25. The number of nitrogens with one attached hydrogen (secondary N) is 1. The van der Waals surface area contributed by atoms with E-state index >= 15 is 0 Å². The minimum absolute atomic E-state index is 0.0864. The summed E-state index contributed by atoms with van der Waals surface area (Å²) in [6.07, 6.45) is 3.12. The van der Waals surface area contributed by atoms with E-state index in [9.17, 15) is 4.79 Å². The number of aromatic amines is 1. The molecular weight excluding hydrogens is 286 g/mol. The summed E-state index contributed by atoms with van der Waals surface area (Å²) in [5, 5.41) is 0. The smallest absolute Gasteiger partial charge is 0.254 e. The van der Waals surface area contributed by atoms with Gasteiger partial charge in [-0.3, -0.25) is 9.69 Å². The van der Waals surface area contributed by atoms with Crippen molar-refractivity contribution in [2.45, 2.75) is 52.1 Å². The first-order chi connectivity index (χ1) is 11.1. The number of hydrogen-bond donors (Lipinski definition) is 1. The second-order valence-electron chi connectivity index (χ2n) is 6.97. The Hall–Kier alpha value is -1.94. The van der Waals surface area contributed by atoms with Crippen molar-refractivity contribution >= 4 is 0 Å². The fraction of sp³-hybridized carbons (Fsp3) is 0.474. The van der Waals surface area contributed by atoms with Gasteiger partial charge >= 0.3 is 0 Å². The Morgan fingerprint density at radius 2 is 2.13 bits per heavy atom. The fourth-order valence-corrected chi connectivity index (χ4v) is 3.42. The zero-order valence-electron chi connectivity index (χ0n) is 13.9. The van der Waals surface area contributed by atoms with Crippen LogP contribution < -0.4 is 5.56 Å². The van der Waals surface area contributed by atoms with Crippen molar-refractivity contribution in [2.75, 3.05) is 6.54 Å². The highest BCUT2D eigenvalue weighted by Gasteiger charge is 2.29. The van der Waals surface area contributed by atoms with Crippen LogP contribution in [0.5, 0.6) is 0 Å². The van der Waals surface area contributed by atoms with E-state index in [2.05, 4.69) is 41.9 Å². The van der Waals surface area contributed by atoms with Crippen LogP contribution in [0.4, 0.5) is 0 Å². The van der Waals surface area contributed by atoms with Crippen molar-refractivity contribution in [1.29, 1.82) is 0 Å². The third-order valence-electron chi connectivity index (χ3n) is 5.25. The summed E-state index contributed by atoms with van der Waals surface area (Å²) in [7, 11) is 0. The van der Waals surface area contributed by atoms with E-state index in [1.165, 1.54) is 16.7 Å². The molecule has 1 aromatic heterocycles. The maximum absolute atomic E-state index is 12.3. The van der Waals surface area contributed by atoms with Gasteiger partial charge in [-0.25, -0.2) is 4.98 Å². The number of aromatic nitrogens is 2. The Kier molecular flexibility index (Phi) is 3.57. The van der Waals surface area contributed by atoms with E-state index in [1.54, 1.807) is 0 Å². The van der Waals surface area contributed by atoms with Crippen LogP contribution in [0.1, 0.15) is 52.5 Å². The molecule has 1 aliphatic carbocycles. The summed E-state index contributed by atoms with van der Waals surface area (Å²) >= 11 is 0. The molecule has 2 heterocycles. The highest BCUT2D eigenvalue weighted by atomic mass is 16.1. The van der Waals surface area contributed by atoms with E-state index < -0.39 is 0 Å². The lowest BCUT2D eigenvalue weighted by Crippen LogP contribution is -2.35. The fourth-order valence-electron chi connectivity index (χ4n) is 3.42. The van der Waals surface area contributed by atoms with Crippen molar-refractivity contribution in [2.24, 2.45) is 0 Å². The van der Waals surface area contributed by atoms with Crippen LogP contribution in [-0.2, 0) is 19.5 Å². The van der Waals surface area contributed by atoms with Gasteiger partial charge in [-0.2, -0.15) is 0 Å². The summed E-state index contributed by atoms with van der Waals surface area (Å²) in [5.41, 5.74) is 6.06. The zero-order valence-corrected chi connectivity index (χ0v) is 13.9. The minimum Gasteiger partial charge on any atom is -0.310 e. The third kappa shape index (κ3) is 2.83. The molecule has 0 bridgehead atoms. The van der Waals surface area contributed by atoms with Gasteiger partial charge in [0.15, 0.2) is 0 Å². The van der Waals surface area contributed by atoms with E-state index in [0.717, 1.165) is 56.0 Å². The SMILES string of the molecule is Cc1cccc(CN2CCc3c(nc(C4CC4)[nH]c3=O)C2)c1C. The number of benzene rings is 1. The number of fused-ring (bicyclic) bond motifs is 1. The molecule has 1 aliphatic heterocycles. The second-order valence-corrected chi connectivity index (χ2v) is 6.97. The summed E-state index contributed by atoms with van der Waals surface area (Å²) in [5.74, 6) is 1.39. The summed E-state index contributed by atoms with van der Waals surface area (Å²) in [6.45, 7) is 6.99. The highest BCUT2D eigenvalue weighted by molar-refractivity contribution is 5.33. The molecule has 4 heteroatoms. The Morgan fingerprint density at radius 3 is 2.91 bits per heavy atom. The largest absolute Gasteiger partial charge is 0.310 e. The Labute approximate surface area is 136 Å². The standard InChI is InChI=1S/C19H23N3O/c1-12-4-3-5-15(13(12)2)10-22-9-8-16-17(11-22)20-18(14-6-7-14)21-19(16)23/h3-5,14H,6-11H2,1-2H3,(H,20,21,23). The van der Waals surface area contributed by atoms with Crippen LogP contribution in [0.3, 0.4) is 0 Å². The molecule has 1 aromatic carbocycles. The van der Waals surface area contributed by atoms with Gasteiger partial charge in [0.2, 0.25) is 0 Å². The number of hydrogen-bond acceptors (Lipinski definition) is 3. The van der Waals surface area contributed by atoms with Gasteiger partial charge in [0.25, 0.3) is 5.56 Å². The average molecular weight is 309 g/mol. The van der Waals surface area contributed by atoms with Gasteiger partial charge in [-0.1, -0.05) is 18.2 Å². The Bertz CT molecular complexity index is 805. The predicted molar refractivity (Wildman–Crippen MR) is 90.6 cm³/mol. The number of nitrogens with zero attached hydrogens (tertiary/aromatic N) is 2. The van der Waals surface area contributed by atoms with Crippen LogP contribution >= 0.6 is 0 Å². The van der Waals surface area contributed by atoms with Crippen LogP contribution in [-0.4, -0.2) is 21.4 Å². The van der Waals surface area contributed by atoms with E-state index in [0.29, 0.717) is 5.92 Å². The number of aryl methyl sites for hydroxylation is 1. The molecule has 120 valence electrons. The number of rotatable bonds is 3. The van der Waals surface area contributed by atoms with Gasteiger partial charge in [0, 0.05) is 31.1 Å². The molecule has 23 heavy (non-hydrogen) atoms. The normalized spacial score (nSPS) is 18.0. The lowest BCUT2D eigenvalue weighted by molar-refractivity contribution is 0.239. The second kappa shape index (κ2) is 5.60. The minimum atomic E-state index is 0.0864. The van der Waals surface area contributed by atoms with Crippen molar-refractivity contribution in [1.82, 2.24) is 14.9 Å². The van der Waals surface area contributed by atoms with Crippen LogP contribution in [0.15, 0.2) is 23.0 Å². The molecule has 2 aliphatic rings. The van der Waals surface area contributed by atoms with Gasteiger partial charge in [0.05, 0.1) is 5.69 Å². The zero-order chi connectivity index (χ0) is 16.0. The Morgan fingerprint density at radius 1 is 1.30 bits per heavy atom. The molecule has 0 spiro atoms. The lowest BCUT2D eigenvalue weighted by atomic mass is 10.0. The van der Waals surface area contributed by atoms with Crippen LogP contribution in [0, 0.1) is 13.8 Å². The number of H-pyrrole nitrogens is 1. The maximum Gasteiger partial charge on any atom is 0.254 e. The summed E-state index contributed by atoms with van der Waals surface area (Å²) in [4.78, 5) is 22.4. The quantitative estimate of drug-likeness (QED) is 0.948. The molecule has 4 rings (SSSR count). The van der Waals surface area contributed by atoms with Crippen molar-refractivity contribution in [3.8, 4) is 0 Å². The highest BCUT2D eigenvalue weighted by Crippen LogP contribution is 2.37. The maximum atomic E-state index is 12.3. The first-order valence-corrected chi connectivity index (χ1v) is 8.51. The van der Waals surface area contributed by atoms with Crippen LogP contribution in [0.25, 0.3) is 0 Å². The molecule has 2 aromatic rings. The van der Waals surface area contributed by atoms with Gasteiger partial charge in [0.1, 0.15) is 5.82 Å². The molecule has 0 amide bonds. The molecule has 4 nitrogen and oxygen atoms in total. The first-order valence-electron chi connectivity index (χ1n) is 8.51.